The summed E-state index contributed by atoms with van der Waals surface area (Å²) < 4.78 is 9.54. The Morgan fingerprint density at radius 2 is 2.10 bits per heavy atom. The van der Waals surface area contributed by atoms with Crippen LogP contribution in [0.2, 0.25) is 0 Å². The highest BCUT2D eigenvalue weighted by atomic mass is 16.6. The second-order valence-corrected chi connectivity index (χ2v) is 8.14. The number of hydrogen-bond donors (Lipinski definition) is 1. The Hall–Kier alpha value is -3.14. The molecule has 0 amide bonds. The third-order valence-electron chi connectivity index (χ3n) is 5.86. The number of likely N-dealkylation sites (tertiary alicyclic amines) is 1. The highest BCUT2D eigenvalue weighted by Crippen LogP contribution is 2.33. The number of para-hydroxylation sites is 2. The van der Waals surface area contributed by atoms with Gasteiger partial charge in [0.05, 0.1) is 17.6 Å². The zero-order valence-corrected chi connectivity index (χ0v) is 16.1. The van der Waals surface area contributed by atoms with Crippen molar-refractivity contribution in [3.63, 3.8) is 0 Å². The van der Waals surface area contributed by atoms with E-state index in [1.54, 1.807) is 4.57 Å². The molecule has 0 aliphatic carbocycles. The lowest BCUT2D eigenvalue weighted by molar-refractivity contribution is -0.389. The smallest absolute Gasteiger partial charge is 0.415 e. The minimum absolute atomic E-state index is 0.0530. The minimum atomic E-state index is -0.510. The van der Waals surface area contributed by atoms with Crippen molar-refractivity contribution >= 4 is 16.9 Å². The molecule has 0 bridgehead atoms. The molecule has 1 N–H and O–H groups in total. The van der Waals surface area contributed by atoms with Crippen LogP contribution in [0.4, 0.5) is 5.82 Å². The Morgan fingerprint density at radius 3 is 2.83 bits per heavy atom. The molecule has 2 aliphatic heterocycles. The number of piperidine rings is 1. The van der Waals surface area contributed by atoms with E-state index in [9.17, 15) is 14.9 Å². The first-order valence-electron chi connectivity index (χ1n) is 9.74. The van der Waals surface area contributed by atoms with E-state index in [0.717, 1.165) is 37.0 Å². The number of hydrogen-bond acceptors (Lipinski definition) is 6. The molecule has 152 valence electrons. The van der Waals surface area contributed by atoms with Gasteiger partial charge in [-0.25, -0.2) is 4.79 Å². The highest BCUT2D eigenvalue weighted by Gasteiger charge is 2.42. The maximum absolute atomic E-state index is 12.4. The molecule has 1 aromatic carbocycles. The molecular formula is C19H22N6O4. The van der Waals surface area contributed by atoms with Gasteiger partial charge in [-0.05, 0) is 36.8 Å². The van der Waals surface area contributed by atoms with Gasteiger partial charge in [-0.15, -0.1) is 0 Å². The summed E-state index contributed by atoms with van der Waals surface area (Å²) in [5, 5.41) is 10.9. The molecule has 1 atom stereocenters. The molecule has 1 fully saturated rings. The fourth-order valence-electron chi connectivity index (χ4n) is 4.61. The standard InChI is InChI=1S/C19H22N6O4/c1-19(12-23-10-16(25(27)28)21-18(23)29-19)11-22-8-6-13(7-9-22)24-15-5-3-2-4-14(15)20-17(24)26/h2-5,10,13H,6-9,11-12H2,1H3,(H,20,26). The lowest BCUT2D eigenvalue weighted by Gasteiger charge is -2.36. The van der Waals surface area contributed by atoms with Crippen LogP contribution in [0.3, 0.4) is 0 Å². The molecule has 0 spiro atoms. The number of rotatable bonds is 4. The fourth-order valence-corrected chi connectivity index (χ4v) is 4.61. The van der Waals surface area contributed by atoms with Crippen LogP contribution in [0.1, 0.15) is 25.8 Å². The molecule has 10 nitrogen and oxygen atoms in total. The van der Waals surface area contributed by atoms with E-state index in [1.165, 1.54) is 6.20 Å². The van der Waals surface area contributed by atoms with Crippen LogP contribution in [-0.2, 0) is 6.54 Å². The minimum Gasteiger partial charge on any atom is -0.436 e. The van der Waals surface area contributed by atoms with Crippen molar-refractivity contribution in [2.24, 2.45) is 0 Å². The molecule has 10 heteroatoms. The third-order valence-corrected chi connectivity index (χ3v) is 5.86. The molecule has 1 unspecified atom stereocenters. The summed E-state index contributed by atoms with van der Waals surface area (Å²) in [5.41, 5.74) is 1.30. The average Bonchev–Trinajstić information content (AvgIpc) is 3.30. The van der Waals surface area contributed by atoms with Gasteiger partial charge in [0, 0.05) is 30.7 Å². The van der Waals surface area contributed by atoms with Gasteiger partial charge in [0.1, 0.15) is 11.8 Å². The van der Waals surface area contributed by atoms with Gasteiger partial charge >= 0.3 is 17.5 Å². The van der Waals surface area contributed by atoms with Crippen LogP contribution in [0.5, 0.6) is 6.01 Å². The Morgan fingerprint density at radius 1 is 1.34 bits per heavy atom. The van der Waals surface area contributed by atoms with Crippen molar-refractivity contribution in [2.45, 2.75) is 38.0 Å². The average molecular weight is 398 g/mol. The topological polar surface area (TPSA) is 111 Å². The number of imidazole rings is 2. The Bertz CT molecular complexity index is 1110. The van der Waals surface area contributed by atoms with E-state index in [4.69, 9.17) is 4.74 Å². The van der Waals surface area contributed by atoms with Crippen LogP contribution in [-0.4, -0.2) is 54.2 Å². The van der Waals surface area contributed by atoms with Crippen LogP contribution in [0.15, 0.2) is 35.3 Å². The zero-order chi connectivity index (χ0) is 20.2. The number of nitro groups is 1. The summed E-state index contributed by atoms with van der Waals surface area (Å²) in [7, 11) is 0. The van der Waals surface area contributed by atoms with Gasteiger partial charge in [0.15, 0.2) is 0 Å². The van der Waals surface area contributed by atoms with Crippen LogP contribution < -0.4 is 10.4 Å². The molecule has 1 saturated heterocycles. The van der Waals surface area contributed by atoms with Crippen molar-refractivity contribution < 1.29 is 9.66 Å². The fraction of sp³-hybridized carbons (Fsp3) is 0.474. The van der Waals surface area contributed by atoms with Crippen molar-refractivity contribution in [2.75, 3.05) is 19.6 Å². The van der Waals surface area contributed by atoms with Gasteiger partial charge in [0.2, 0.25) is 0 Å². The molecule has 2 aromatic heterocycles. The van der Waals surface area contributed by atoms with Gasteiger partial charge in [0.25, 0.3) is 0 Å². The SMILES string of the molecule is CC1(CN2CCC(n3c(=O)[nH]c4ccccc43)CC2)Cn2cc([N+](=O)[O-])nc2O1. The van der Waals surface area contributed by atoms with Gasteiger partial charge in [-0.1, -0.05) is 12.1 Å². The van der Waals surface area contributed by atoms with Crippen LogP contribution in [0, 0.1) is 10.1 Å². The van der Waals surface area contributed by atoms with Crippen molar-refractivity contribution in [3.05, 3.63) is 51.1 Å². The molecule has 5 rings (SSSR count). The molecule has 4 heterocycles. The molecule has 0 radical (unpaired) electrons. The molecule has 3 aromatic rings. The quantitative estimate of drug-likeness (QED) is 0.531. The summed E-state index contributed by atoms with van der Waals surface area (Å²) in [6.45, 7) is 4.96. The number of H-pyrrole nitrogens is 1. The van der Waals surface area contributed by atoms with E-state index in [2.05, 4.69) is 14.9 Å². The van der Waals surface area contributed by atoms with E-state index >= 15 is 0 Å². The Kier molecular flexibility index (Phi) is 3.98. The third kappa shape index (κ3) is 3.09. The van der Waals surface area contributed by atoms with Gasteiger partial charge in [-0.3, -0.25) is 14.0 Å². The van der Waals surface area contributed by atoms with Gasteiger partial charge in [-0.2, -0.15) is 0 Å². The first-order valence-corrected chi connectivity index (χ1v) is 9.74. The summed E-state index contributed by atoms with van der Waals surface area (Å²) in [5.74, 6) is -0.188. The summed E-state index contributed by atoms with van der Waals surface area (Å²) in [6, 6.07) is 8.26. The monoisotopic (exact) mass is 398 g/mol. The second kappa shape index (κ2) is 6.45. The summed E-state index contributed by atoms with van der Waals surface area (Å²) in [6.07, 6.45) is 3.19. The first-order chi connectivity index (χ1) is 13.9. The molecule has 29 heavy (non-hydrogen) atoms. The maximum atomic E-state index is 12.4. The van der Waals surface area contributed by atoms with Crippen molar-refractivity contribution in [3.8, 4) is 6.01 Å². The lowest BCUT2D eigenvalue weighted by atomic mass is 10.0. The first kappa shape index (κ1) is 17.9. The predicted octanol–water partition coefficient (Wildman–Crippen LogP) is 1.92. The normalized spacial score (nSPS) is 22.7. The number of nitrogens with one attached hydrogen (secondary N) is 1. The zero-order valence-electron chi connectivity index (χ0n) is 16.1. The molecular weight excluding hydrogens is 376 g/mol. The lowest BCUT2D eigenvalue weighted by Crippen LogP contribution is -2.48. The molecule has 0 saturated carbocycles. The highest BCUT2D eigenvalue weighted by molar-refractivity contribution is 5.75. The van der Waals surface area contributed by atoms with Crippen LogP contribution in [0.25, 0.3) is 11.0 Å². The van der Waals surface area contributed by atoms with E-state index in [1.807, 2.05) is 35.8 Å². The van der Waals surface area contributed by atoms with Gasteiger partial charge < -0.3 is 19.8 Å². The van der Waals surface area contributed by atoms with Crippen LogP contribution >= 0.6 is 0 Å². The van der Waals surface area contributed by atoms with E-state index in [-0.39, 0.29) is 17.5 Å². The number of aromatic amines is 1. The Balaban J connectivity index is 1.24. The predicted molar refractivity (Wildman–Crippen MR) is 105 cm³/mol. The Labute approximate surface area is 165 Å². The second-order valence-electron chi connectivity index (χ2n) is 8.14. The number of fused-ring (bicyclic) bond motifs is 2. The number of nitrogens with zero attached hydrogens (tertiary/aromatic N) is 5. The number of ether oxygens (including phenoxy) is 1. The summed E-state index contributed by atoms with van der Waals surface area (Å²) >= 11 is 0. The van der Waals surface area contributed by atoms with E-state index < -0.39 is 10.5 Å². The largest absolute Gasteiger partial charge is 0.436 e. The summed E-state index contributed by atoms with van der Waals surface area (Å²) in [4.78, 5) is 32.0. The number of aromatic nitrogens is 4. The maximum Gasteiger partial charge on any atom is 0.415 e. The van der Waals surface area contributed by atoms with Crippen molar-refractivity contribution in [1.29, 1.82) is 0 Å². The molecule has 2 aliphatic rings. The number of benzene rings is 1. The van der Waals surface area contributed by atoms with Crippen molar-refractivity contribution in [1.82, 2.24) is 24.0 Å². The van der Waals surface area contributed by atoms with E-state index in [0.29, 0.717) is 19.1 Å².